The Morgan fingerprint density at radius 3 is 2.92 bits per heavy atom. The summed E-state index contributed by atoms with van der Waals surface area (Å²) in [6.07, 6.45) is 7.75. The Balaban J connectivity index is 1.65. The summed E-state index contributed by atoms with van der Waals surface area (Å²) in [7, 11) is 1.60. The third-order valence-corrected chi connectivity index (χ3v) is 5.06. The molecule has 0 saturated heterocycles. The zero-order chi connectivity index (χ0) is 17.6. The molecule has 1 aliphatic rings. The molecule has 1 amide bonds. The number of anilines is 1. The van der Waals surface area contributed by atoms with Crippen LogP contribution >= 0.6 is 11.3 Å². The van der Waals surface area contributed by atoms with Crippen LogP contribution < -0.4 is 14.8 Å². The van der Waals surface area contributed by atoms with Crippen molar-refractivity contribution in [3.8, 4) is 11.5 Å². The van der Waals surface area contributed by atoms with Gasteiger partial charge in [0.2, 0.25) is 5.91 Å². The lowest BCUT2D eigenvalue weighted by Gasteiger charge is -2.09. The summed E-state index contributed by atoms with van der Waals surface area (Å²) in [6, 6.07) is 5.57. The number of fused-ring (bicyclic) bond motifs is 1. The number of hydrogen-bond acceptors (Lipinski definition) is 5. The molecule has 1 heterocycles. The van der Waals surface area contributed by atoms with E-state index in [9.17, 15) is 4.79 Å². The first-order chi connectivity index (χ1) is 12.2. The molecule has 0 unspecified atom stereocenters. The lowest BCUT2D eigenvalue weighted by Crippen LogP contribution is -2.07. The highest BCUT2D eigenvalue weighted by Crippen LogP contribution is 2.30. The van der Waals surface area contributed by atoms with Crippen molar-refractivity contribution in [3.63, 3.8) is 0 Å². The fourth-order valence-electron chi connectivity index (χ4n) is 2.79. The molecule has 6 heteroatoms. The smallest absolute Gasteiger partial charge is 0.250 e. The van der Waals surface area contributed by atoms with Crippen LogP contribution in [0.25, 0.3) is 6.08 Å². The highest BCUT2D eigenvalue weighted by atomic mass is 32.1. The van der Waals surface area contributed by atoms with Crippen LogP contribution in [-0.2, 0) is 17.6 Å². The van der Waals surface area contributed by atoms with Gasteiger partial charge >= 0.3 is 0 Å². The Hall–Kier alpha value is -2.34. The lowest BCUT2D eigenvalue weighted by atomic mass is 10.0. The molecule has 0 atom stereocenters. The molecule has 0 aliphatic heterocycles. The van der Waals surface area contributed by atoms with Gasteiger partial charge in [0.15, 0.2) is 16.6 Å². The number of aryl methyl sites for hydroxylation is 2. The Morgan fingerprint density at radius 1 is 1.32 bits per heavy atom. The molecular weight excluding hydrogens is 336 g/mol. The third kappa shape index (κ3) is 4.39. The molecule has 3 rings (SSSR count). The van der Waals surface area contributed by atoms with Crippen LogP contribution in [0.1, 0.15) is 35.9 Å². The van der Waals surface area contributed by atoms with Crippen molar-refractivity contribution in [1.29, 1.82) is 0 Å². The first kappa shape index (κ1) is 17.5. The van der Waals surface area contributed by atoms with Crippen LogP contribution in [0, 0.1) is 0 Å². The van der Waals surface area contributed by atoms with Crippen molar-refractivity contribution in [2.75, 3.05) is 19.0 Å². The van der Waals surface area contributed by atoms with Crippen LogP contribution in [0.3, 0.4) is 0 Å². The second-order valence-corrected chi connectivity index (χ2v) is 6.85. The first-order valence-corrected chi connectivity index (χ1v) is 9.29. The molecule has 1 aromatic heterocycles. The Kier molecular flexibility index (Phi) is 5.71. The fourth-order valence-corrected chi connectivity index (χ4v) is 3.84. The van der Waals surface area contributed by atoms with Crippen LogP contribution in [0.15, 0.2) is 24.3 Å². The summed E-state index contributed by atoms with van der Waals surface area (Å²) in [4.78, 5) is 18.0. The maximum absolute atomic E-state index is 12.1. The quantitative estimate of drug-likeness (QED) is 0.791. The van der Waals surface area contributed by atoms with Gasteiger partial charge in [-0.25, -0.2) is 4.98 Å². The Labute approximate surface area is 151 Å². The van der Waals surface area contributed by atoms with Crippen molar-refractivity contribution >= 4 is 28.5 Å². The first-order valence-electron chi connectivity index (χ1n) is 8.48. The summed E-state index contributed by atoms with van der Waals surface area (Å²) in [6.45, 7) is 2.50. The van der Waals surface area contributed by atoms with E-state index >= 15 is 0 Å². The van der Waals surface area contributed by atoms with Crippen LogP contribution in [-0.4, -0.2) is 24.6 Å². The maximum Gasteiger partial charge on any atom is 0.250 e. The van der Waals surface area contributed by atoms with Crippen molar-refractivity contribution < 1.29 is 14.3 Å². The minimum atomic E-state index is -0.182. The molecule has 5 nitrogen and oxygen atoms in total. The molecule has 0 radical (unpaired) electrons. The second-order valence-electron chi connectivity index (χ2n) is 5.76. The SMILES string of the molecule is CCOc1ccc(C=CC(=O)Nc2nc3c(s2)CCCC3)cc1OC. The van der Waals surface area contributed by atoms with Gasteiger partial charge in [-0.05, 0) is 56.4 Å². The van der Waals surface area contributed by atoms with E-state index in [0.717, 1.165) is 24.1 Å². The van der Waals surface area contributed by atoms with Gasteiger partial charge in [0, 0.05) is 11.0 Å². The molecule has 0 saturated carbocycles. The standard InChI is InChI=1S/C19H22N2O3S/c1-3-24-15-10-8-13(12-16(15)23-2)9-11-18(22)21-19-20-14-6-4-5-7-17(14)25-19/h8-12H,3-7H2,1-2H3,(H,20,21,22). The maximum atomic E-state index is 12.1. The topological polar surface area (TPSA) is 60.5 Å². The predicted octanol–water partition coefficient (Wildman–Crippen LogP) is 4.08. The monoisotopic (exact) mass is 358 g/mol. The molecule has 0 fully saturated rings. The van der Waals surface area contributed by atoms with Crippen molar-refractivity contribution in [2.24, 2.45) is 0 Å². The second kappa shape index (κ2) is 8.16. The van der Waals surface area contributed by atoms with Crippen molar-refractivity contribution in [3.05, 3.63) is 40.4 Å². The number of thiazole rings is 1. The molecule has 0 spiro atoms. The summed E-state index contributed by atoms with van der Waals surface area (Å²) >= 11 is 1.59. The van der Waals surface area contributed by atoms with E-state index in [-0.39, 0.29) is 5.91 Å². The molecule has 1 N–H and O–H groups in total. The van der Waals surface area contributed by atoms with E-state index in [4.69, 9.17) is 9.47 Å². The number of aromatic nitrogens is 1. The highest BCUT2D eigenvalue weighted by Gasteiger charge is 2.15. The van der Waals surface area contributed by atoms with Gasteiger partial charge in [-0.1, -0.05) is 6.07 Å². The minimum absolute atomic E-state index is 0.182. The number of carbonyl (C=O) groups excluding carboxylic acids is 1. The zero-order valence-corrected chi connectivity index (χ0v) is 15.3. The van der Waals surface area contributed by atoms with E-state index in [0.29, 0.717) is 23.2 Å². The number of carbonyl (C=O) groups is 1. The Bertz CT molecular complexity index is 759. The van der Waals surface area contributed by atoms with E-state index in [1.165, 1.54) is 23.8 Å². The van der Waals surface area contributed by atoms with Gasteiger partial charge in [0.05, 0.1) is 19.4 Å². The van der Waals surface area contributed by atoms with E-state index in [2.05, 4.69) is 10.3 Å². The third-order valence-electron chi connectivity index (χ3n) is 3.99. The minimum Gasteiger partial charge on any atom is -0.493 e. The summed E-state index contributed by atoms with van der Waals surface area (Å²) < 4.78 is 10.8. The van der Waals surface area contributed by atoms with Gasteiger partial charge in [0.1, 0.15) is 0 Å². The van der Waals surface area contributed by atoms with Gasteiger partial charge in [-0.15, -0.1) is 11.3 Å². The average Bonchev–Trinajstić information content (AvgIpc) is 3.03. The molecule has 0 bridgehead atoms. The summed E-state index contributed by atoms with van der Waals surface area (Å²) in [5.74, 6) is 1.16. The summed E-state index contributed by atoms with van der Waals surface area (Å²) in [5, 5.41) is 3.54. The summed E-state index contributed by atoms with van der Waals surface area (Å²) in [5.41, 5.74) is 2.01. The number of nitrogens with one attached hydrogen (secondary N) is 1. The lowest BCUT2D eigenvalue weighted by molar-refractivity contribution is -0.111. The van der Waals surface area contributed by atoms with Crippen LogP contribution in [0.2, 0.25) is 0 Å². The Morgan fingerprint density at radius 2 is 2.16 bits per heavy atom. The largest absolute Gasteiger partial charge is 0.493 e. The number of nitrogens with zero attached hydrogens (tertiary/aromatic N) is 1. The molecular formula is C19H22N2O3S. The highest BCUT2D eigenvalue weighted by molar-refractivity contribution is 7.15. The van der Waals surface area contributed by atoms with Crippen molar-refractivity contribution in [2.45, 2.75) is 32.6 Å². The predicted molar refractivity (Wildman–Crippen MR) is 101 cm³/mol. The van der Waals surface area contributed by atoms with Gasteiger partial charge in [0.25, 0.3) is 0 Å². The van der Waals surface area contributed by atoms with Gasteiger partial charge in [-0.3, -0.25) is 10.1 Å². The molecule has 1 aliphatic carbocycles. The molecule has 132 valence electrons. The van der Waals surface area contributed by atoms with E-state index in [1.54, 1.807) is 24.5 Å². The molecule has 1 aromatic carbocycles. The van der Waals surface area contributed by atoms with Crippen LogP contribution in [0.5, 0.6) is 11.5 Å². The van der Waals surface area contributed by atoms with Gasteiger partial charge in [-0.2, -0.15) is 0 Å². The fraction of sp³-hybridized carbons (Fsp3) is 0.368. The number of rotatable bonds is 6. The van der Waals surface area contributed by atoms with E-state index < -0.39 is 0 Å². The number of amides is 1. The average molecular weight is 358 g/mol. The number of hydrogen-bond donors (Lipinski definition) is 1. The van der Waals surface area contributed by atoms with Crippen molar-refractivity contribution in [1.82, 2.24) is 4.98 Å². The number of benzene rings is 1. The normalized spacial score (nSPS) is 13.5. The van der Waals surface area contributed by atoms with Gasteiger partial charge < -0.3 is 9.47 Å². The molecule has 25 heavy (non-hydrogen) atoms. The number of ether oxygens (including phenoxy) is 2. The van der Waals surface area contributed by atoms with Crippen LogP contribution in [0.4, 0.5) is 5.13 Å². The molecule has 2 aromatic rings. The van der Waals surface area contributed by atoms with E-state index in [1.807, 2.05) is 25.1 Å². The zero-order valence-electron chi connectivity index (χ0n) is 14.5. The number of methoxy groups -OCH3 is 1.